The SMILES string of the molecule is CC1CCC(S(=O)(=O)c2cc(C(=O)O)ccc2Br)CC1. The molecule has 1 saturated carbocycles. The highest BCUT2D eigenvalue weighted by molar-refractivity contribution is 9.10. The zero-order chi connectivity index (χ0) is 14.9. The van der Waals surface area contributed by atoms with E-state index in [0.29, 0.717) is 23.2 Å². The Morgan fingerprint density at radius 2 is 1.85 bits per heavy atom. The normalized spacial score (nSPS) is 23.5. The zero-order valence-corrected chi connectivity index (χ0v) is 13.6. The van der Waals surface area contributed by atoms with Crippen molar-refractivity contribution in [3.63, 3.8) is 0 Å². The Morgan fingerprint density at radius 1 is 1.25 bits per heavy atom. The Morgan fingerprint density at radius 3 is 2.40 bits per heavy atom. The molecule has 6 heteroatoms. The molecule has 110 valence electrons. The number of aromatic carboxylic acids is 1. The third kappa shape index (κ3) is 3.06. The van der Waals surface area contributed by atoms with Crippen LogP contribution in [-0.2, 0) is 9.84 Å². The van der Waals surface area contributed by atoms with Gasteiger partial charge in [0.25, 0.3) is 0 Å². The first-order valence-electron chi connectivity index (χ1n) is 6.59. The Bertz CT molecular complexity index is 616. The maximum Gasteiger partial charge on any atom is 0.335 e. The number of carboxylic acid groups (broad SMARTS) is 1. The average Bonchev–Trinajstić information content (AvgIpc) is 2.39. The number of rotatable bonds is 3. The Hall–Kier alpha value is -0.880. The molecule has 0 unspecified atom stereocenters. The maximum atomic E-state index is 12.7. The molecular formula is C14H17BrO4S. The number of carbonyl (C=O) groups is 1. The van der Waals surface area contributed by atoms with Crippen molar-refractivity contribution in [2.45, 2.75) is 42.8 Å². The minimum atomic E-state index is -3.48. The van der Waals surface area contributed by atoms with Crippen molar-refractivity contribution < 1.29 is 18.3 Å². The van der Waals surface area contributed by atoms with Crippen LogP contribution < -0.4 is 0 Å². The highest BCUT2D eigenvalue weighted by Crippen LogP contribution is 2.34. The van der Waals surface area contributed by atoms with Crippen LogP contribution in [0.3, 0.4) is 0 Å². The van der Waals surface area contributed by atoms with Gasteiger partial charge in [0.05, 0.1) is 15.7 Å². The Balaban J connectivity index is 2.38. The first-order chi connectivity index (χ1) is 9.32. The highest BCUT2D eigenvalue weighted by Gasteiger charge is 2.32. The molecule has 0 spiro atoms. The van der Waals surface area contributed by atoms with Crippen molar-refractivity contribution in [1.29, 1.82) is 0 Å². The lowest BCUT2D eigenvalue weighted by Gasteiger charge is -2.26. The van der Waals surface area contributed by atoms with E-state index in [1.807, 2.05) is 0 Å². The quantitative estimate of drug-likeness (QED) is 0.895. The second-order valence-electron chi connectivity index (χ2n) is 5.38. The summed E-state index contributed by atoms with van der Waals surface area (Å²) in [6, 6.07) is 4.13. The van der Waals surface area contributed by atoms with Crippen LogP contribution in [0.25, 0.3) is 0 Å². The summed E-state index contributed by atoms with van der Waals surface area (Å²) in [5.74, 6) is -0.554. The van der Waals surface area contributed by atoms with Gasteiger partial charge < -0.3 is 5.11 Å². The Labute approximate surface area is 127 Å². The van der Waals surface area contributed by atoms with Crippen LogP contribution in [0.1, 0.15) is 43.0 Å². The summed E-state index contributed by atoms with van der Waals surface area (Å²) >= 11 is 3.22. The van der Waals surface area contributed by atoms with E-state index in [9.17, 15) is 13.2 Å². The molecule has 0 amide bonds. The lowest BCUT2D eigenvalue weighted by Crippen LogP contribution is -2.27. The summed E-state index contributed by atoms with van der Waals surface area (Å²) < 4.78 is 25.8. The van der Waals surface area contributed by atoms with Gasteiger partial charge in [-0.05, 0) is 65.7 Å². The van der Waals surface area contributed by atoms with Crippen molar-refractivity contribution in [2.75, 3.05) is 0 Å². The van der Waals surface area contributed by atoms with E-state index >= 15 is 0 Å². The minimum absolute atomic E-state index is 0.00375. The third-order valence-electron chi connectivity index (χ3n) is 3.89. The van der Waals surface area contributed by atoms with E-state index in [1.54, 1.807) is 0 Å². The van der Waals surface area contributed by atoms with Gasteiger partial charge in [0, 0.05) is 4.47 Å². The van der Waals surface area contributed by atoms with Gasteiger partial charge in [-0.2, -0.15) is 0 Å². The number of sulfone groups is 1. The molecule has 0 atom stereocenters. The molecule has 0 saturated heterocycles. The van der Waals surface area contributed by atoms with Gasteiger partial charge in [-0.25, -0.2) is 13.2 Å². The second-order valence-corrected chi connectivity index (χ2v) is 8.43. The molecule has 1 aliphatic rings. The Kier molecular flexibility index (Phi) is 4.54. The summed E-state index contributed by atoms with van der Waals surface area (Å²) in [4.78, 5) is 11.1. The first kappa shape index (κ1) is 15.5. The summed E-state index contributed by atoms with van der Waals surface area (Å²) in [6.45, 7) is 2.13. The van der Waals surface area contributed by atoms with Gasteiger partial charge in [-0.15, -0.1) is 0 Å². The van der Waals surface area contributed by atoms with Gasteiger partial charge in [-0.3, -0.25) is 0 Å². The molecule has 1 aromatic carbocycles. The van der Waals surface area contributed by atoms with E-state index in [-0.39, 0.29) is 10.5 Å². The van der Waals surface area contributed by atoms with Gasteiger partial charge >= 0.3 is 5.97 Å². The number of hydrogen-bond acceptors (Lipinski definition) is 3. The lowest BCUT2D eigenvalue weighted by atomic mass is 9.91. The predicted octanol–water partition coefficient (Wildman–Crippen LogP) is 3.50. The van der Waals surface area contributed by atoms with Crippen LogP contribution in [0.4, 0.5) is 0 Å². The molecular weight excluding hydrogens is 344 g/mol. The number of halogens is 1. The molecule has 0 radical (unpaired) electrons. The van der Waals surface area contributed by atoms with Crippen LogP contribution in [0, 0.1) is 5.92 Å². The van der Waals surface area contributed by atoms with Crippen LogP contribution in [-0.4, -0.2) is 24.7 Å². The first-order valence-corrected chi connectivity index (χ1v) is 8.93. The largest absolute Gasteiger partial charge is 0.478 e. The van der Waals surface area contributed by atoms with Gasteiger partial charge in [0.2, 0.25) is 0 Å². The van der Waals surface area contributed by atoms with Gasteiger partial charge in [0.1, 0.15) is 0 Å². The topological polar surface area (TPSA) is 71.4 Å². The molecule has 0 bridgehead atoms. The van der Waals surface area contributed by atoms with E-state index in [1.165, 1.54) is 18.2 Å². The molecule has 1 N–H and O–H groups in total. The predicted molar refractivity (Wildman–Crippen MR) is 79.7 cm³/mol. The molecule has 1 aromatic rings. The third-order valence-corrected chi connectivity index (χ3v) is 7.14. The fourth-order valence-electron chi connectivity index (χ4n) is 2.57. The molecule has 0 aromatic heterocycles. The van der Waals surface area contributed by atoms with Crippen molar-refractivity contribution in [1.82, 2.24) is 0 Å². The minimum Gasteiger partial charge on any atom is -0.478 e. The summed E-state index contributed by atoms with van der Waals surface area (Å²) in [7, 11) is -3.48. The average molecular weight is 361 g/mol. The molecule has 0 heterocycles. The molecule has 4 nitrogen and oxygen atoms in total. The molecule has 0 aliphatic heterocycles. The van der Waals surface area contributed by atoms with Crippen molar-refractivity contribution in [3.05, 3.63) is 28.2 Å². The van der Waals surface area contributed by atoms with Crippen molar-refractivity contribution in [3.8, 4) is 0 Å². The number of carboxylic acids is 1. The molecule has 1 fully saturated rings. The van der Waals surface area contributed by atoms with E-state index in [0.717, 1.165) is 12.8 Å². The van der Waals surface area contributed by atoms with E-state index in [2.05, 4.69) is 22.9 Å². The number of hydrogen-bond donors (Lipinski definition) is 1. The summed E-state index contributed by atoms with van der Waals surface area (Å²) in [5.41, 5.74) is -0.00375. The van der Waals surface area contributed by atoms with E-state index < -0.39 is 21.1 Å². The molecule has 1 aliphatic carbocycles. The van der Waals surface area contributed by atoms with Crippen molar-refractivity contribution in [2.24, 2.45) is 5.92 Å². The van der Waals surface area contributed by atoms with E-state index in [4.69, 9.17) is 5.11 Å². The van der Waals surface area contributed by atoms with Gasteiger partial charge in [0.15, 0.2) is 9.84 Å². The monoisotopic (exact) mass is 360 g/mol. The summed E-state index contributed by atoms with van der Waals surface area (Å²) in [6.07, 6.45) is 3.10. The fraction of sp³-hybridized carbons (Fsp3) is 0.500. The summed E-state index contributed by atoms with van der Waals surface area (Å²) in [5, 5.41) is 8.60. The molecule has 2 rings (SSSR count). The number of benzene rings is 1. The second kappa shape index (κ2) is 5.85. The highest BCUT2D eigenvalue weighted by atomic mass is 79.9. The van der Waals surface area contributed by atoms with Crippen LogP contribution >= 0.6 is 15.9 Å². The smallest absolute Gasteiger partial charge is 0.335 e. The van der Waals surface area contributed by atoms with Crippen LogP contribution in [0.5, 0.6) is 0 Å². The maximum absolute atomic E-state index is 12.7. The van der Waals surface area contributed by atoms with Gasteiger partial charge in [-0.1, -0.05) is 6.92 Å². The zero-order valence-electron chi connectivity index (χ0n) is 11.2. The van der Waals surface area contributed by atoms with Crippen molar-refractivity contribution >= 4 is 31.7 Å². The lowest BCUT2D eigenvalue weighted by molar-refractivity contribution is 0.0696. The fourth-order valence-corrected chi connectivity index (χ4v) is 5.38. The van der Waals surface area contributed by atoms with Crippen LogP contribution in [0.2, 0.25) is 0 Å². The standard InChI is InChI=1S/C14H17BrO4S/c1-9-2-5-11(6-3-9)20(18,19)13-8-10(14(16)17)4-7-12(13)15/h4,7-9,11H,2-3,5-6H2,1H3,(H,16,17). The molecule has 20 heavy (non-hydrogen) atoms. The van der Waals surface area contributed by atoms with Crippen LogP contribution in [0.15, 0.2) is 27.6 Å².